The largest absolute Gasteiger partial charge is 0.497 e. The molecule has 1 aromatic carbocycles. The molecule has 98 valence electrons. The van der Waals surface area contributed by atoms with E-state index in [2.05, 4.69) is 34.1 Å². The summed E-state index contributed by atoms with van der Waals surface area (Å²) < 4.78 is 5.20. The number of hydrogen-bond donors (Lipinski definition) is 0. The number of methoxy groups -OCH3 is 1. The van der Waals surface area contributed by atoms with Crippen LogP contribution >= 0.6 is 0 Å². The molecule has 0 bridgehead atoms. The maximum atomic E-state index is 5.20. The summed E-state index contributed by atoms with van der Waals surface area (Å²) in [6.07, 6.45) is 2.78. The average molecular weight is 246 g/mol. The Morgan fingerprint density at radius 2 is 2.00 bits per heavy atom. The van der Waals surface area contributed by atoms with Gasteiger partial charge in [-0.2, -0.15) is 0 Å². The van der Waals surface area contributed by atoms with E-state index < -0.39 is 0 Å². The first kappa shape index (κ1) is 12.0. The van der Waals surface area contributed by atoms with Crippen LogP contribution in [0.3, 0.4) is 0 Å². The van der Waals surface area contributed by atoms with Gasteiger partial charge in [-0.15, -0.1) is 0 Å². The Morgan fingerprint density at radius 3 is 2.78 bits per heavy atom. The van der Waals surface area contributed by atoms with Gasteiger partial charge in [0.2, 0.25) is 0 Å². The molecule has 2 aliphatic heterocycles. The second-order valence-corrected chi connectivity index (χ2v) is 5.42. The van der Waals surface area contributed by atoms with Crippen LogP contribution in [0.15, 0.2) is 24.3 Å². The molecule has 0 radical (unpaired) electrons. The first-order chi connectivity index (χ1) is 8.85. The van der Waals surface area contributed by atoms with Gasteiger partial charge < -0.3 is 4.74 Å². The molecular formula is C15H22N2O. The van der Waals surface area contributed by atoms with Crippen molar-refractivity contribution in [3.05, 3.63) is 29.8 Å². The molecule has 3 rings (SSSR count). The monoisotopic (exact) mass is 246 g/mol. The highest BCUT2D eigenvalue weighted by Crippen LogP contribution is 2.22. The fourth-order valence-electron chi connectivity index (χ4n) is 3.19. The molecule has 3 heteroatoms. The molecule has 0 aliphatic carbocycles. The van der Waals surface area contributed by atoms with Crippen molar-refractivity contribution in [1.82, 2.24) is 9.80 Å². The van der Waals surface area contributed by atoms with Gasteiger partial charge in [0, 0.05) is 32.2 Å². The van der Waals surface area contributed by atoms with Gasteiger partial charge in [0.05, 0.1) is 7.11 Å². The van der Waals surface area contributed by atoms with E-state index >= 15 is 0 Å². The smallest absolute Gasteiger partial charge is 0.118 e. The minimum Gasteiger partial charge on any atom is -0.497 e. The van der Waals surface area contributed by atoms with Crippen LogP contribution in [0.25, 0.3) is 0 Å². The van der Waals surface area contributed by atoms with Crippen LogP contribution in [0.2, 0.25) is 0 Å². The topological polar surface area (TPSA) is 15.7 Å². The van der Waals surface area contributed by atoms with Crippen LogP contribution in [0.1, 0.15) is 18.4 Å². The highest BCUT2D eigenvalue weighted by molar-refractivity contribution is 5.27. The molecule has 2 fully saturated rings. The second-order valence-electron chi connectivity index (χ2n) is 5.42. The number of rotatable bonds is 3. The Balaban J connectivity index is 1.58. The van der Waals surface area contributed by atoms with E-state index in [0.29, 0.717) is 0 Å². The van der Waals surface area contributed by atoms with Gasteiger partial charge in [-0.05, 0) is 37.1 Å². The normalized spacial score (nSPS) is 25.1. The van der Waals surface area contributed by atoms with E-state index in [1.165, 1.54) is 44.6 Å². The Kier molecular flexibility index (Phi) is 3.52. The van der Waals surface area contributed by atoms with E-state index in [-0.39, 0.29) is 0 Å². The molecule has 0 saturated carbocycles. The number of nitrogens with zero attached hydrogens (tertiary/aromatic N) is 2. The second kappa shape index (κ2) is 5.29. The fraction of sp³-hybridized carbons (Fsp3) is 0.600. The summed E-state index contributed by atoms with van der Waals surface area (Å²) in [4.78, 5) is 5.25. The van der Waals surface area contributed by atoms with Crippen molar-refractivity contribution in [2.75, 3.05) is 33.3 Å². The number of hydrogen-bond acceptors (Lipinski definition) is 3. The summed E-state index contributed by atoms with van der Waals surface area (Å²) in [6.45, 7) is 6.10. The Hall–Kier alpha value is -1.06. The third kappa shape index (κ3) is 2.52. The zero-order valence-electron chi connectivity index (χ0n) is 11.1. The van der Waals surface area contributed by atoms with Crippen molar-refractivity contribution >= 4 is 0 Å². The lowest BCUT2D eigenvalue weighted by atomic mass is 10.1. The van der Waals surface area contributed by atoms with Crippen molar-refractivity contribution in [1.29, 1.82) is 0 Å². The molecule has 2 saturated heterocycles. The maximum absolute atomic E-state index is 5.20. The third-order valence-electron chi connectivity index (χ3n) is 4.24. The molecule has 0 spiro atoms. The molecule has 1 unspecified atom stereocenters. The van der Waals surface area contributed by atoms with Crippen molar-refractivity contribution in [3.63, 3.8) is 0 Å². The summed E-state index contributed by atoms with van der Waals surface area (Å²) in [7, 11) is 1.72. The van der Waals surface area contributed by atoms with E-state index in [9.17, 15) is 0 Å². The van der Waals surface area contributed by atoms with Crippen LogP contribution in [0.5, 0.6) is 5.75 Å². The van der Waals surface area contributed by atoms with Crippen molar-refractivity contribution in [2.45, 2.75) is 25.4 Å². The molecular weight excluding hydrogens is 224 g/mol. The van der Waals surface area contributed by atoms with Crippen LogP contribution in [-0.4, -0.2) is 49.1 Å². The lowest BCUT2D eigenvalue weighted by molar-refractivity contribution is 0.0994. The summed E-state index contributed by atoms with van der Waals surface area (Å²) in [6, 6.07) is 9.29. The number of benzene rings is 1. The van der Waals surface area contributed by atoms with Crippen LogP contribution in [-0.2, 0) is 6.54 Å². The van der Waals surface area contributed by atoms with Gasteiger partial charge in [0.1, 0.15) is 5.75 Å². The summed E-state index contributed by atoms with van der Waals surface area (Å²) in [5.41, 5.74) is 1.39. The van der Waals surface area contributed by atoms with Gasteiger partial charge >= 0.3 is 0 Å². The highest BCUT2D eigenvalue weighted by atomic mass is 16.5. The Bertz CT molecular complexity index is 390. The molecule has 3 nitrogen and oxygen atoms in total. The lowest BCUT2D eigenvalue weighted by Gasteiger charge is -2.37. The van der Waals surface area contributed by atoms with E-state index in [4.69, 9.17) is 4.74 Å². The van der Waals surface area contributed by atoms with Gasteiger partial charge in [-0.25, -0.2) is 0 Å². The van der Waals surface area contributed by atoms with Gasteiger partial charge in [-0.1, -0.05) is 12.1 Å². The van der Waals surface area contributed by atoms with E-state index in [0.717, 1.165) is 18.3 Å². The zero-order valence-corrected chi connectivity index (χ0v) is 11.1. The molecule has 1 aromatic rings. The van der Waals surface area contributed by atoms with Crippen LogP contribution in [0.4, 0.5) is 0 Å². The van der Waals surface area contributed by atoms with Crippen molar-refractivity contribution < 1.29 is 4.74 Å². The fourth-order valence-corrected chi connectivity index (χ4v) is 3.19. The molecule has 1 atom stereocenters. The zero-order chi connectivity index (χ0) is 12.4. The first-order valence-corrected chi connectivity index (χ1v) is 6.94. The molecule has 18 heavy (non-hydrogen) atoms. The molecule has 0 aromatic heterocycles. The number of fused-ring (bicyclic) bond motifs is 1. The van der Waals surface area contributed by atoms with Gasteiger partial charge in [0.15, 0.2) is 0 Å². The predicted molar refractivity (Wildman–Crippen MR) is 72.9 cm³/mol. The van der Waals surface area contributed by atoms with Crippen LogP contribution < -0.4 is 4.74 Å². The van der Waals surface area contributed by atoms with Crippen molar-refractivity contribution in [3.8, 4) is 5.75 Å². The van der Waals surface area contributed by atoms with E-state index in [1.54, 1.807) is 7.11 Å². The Labute approximate surface area is 109 Å². The quantitative estimate of drug-likeness (QED) is 0.811. The first-order valence-electron chi connectivity index (χ1n) is 6.94. The van der Waals surface area contributed by atoms with Gasteiger partial charge in [-0.3, -0.25) is 9.80 Å². The van der Waals surface area contributed by atoms with Gasteiger partial charge in [0.25, 0.3) is 0 Å². The lowest BCUT2D eigenvalue weighted by Crippen LogP contribution is -2.49. The minimum atomic E-state index is 0.817. The van der Waals surface area contributed by atoms with E-state index in [1.807, 2.05) is 0 Å². The standard InChI is InChI=1S/C15H22N2O/c1-18-15-6-4-13(5-7-15)11-16-9-10-17-8-2-3-14(17)12-16/h4-7,14H,2-3,8-12H2,1H3. The molecule has 0 amide bonds. The molecule has 2 heterocycles. The SMILES string of the molecule is COc1ccc(CN2CCN3CCCC3C2)cc1. The summed E-state index contributed by atoms with van der Waals surface area (Å²) in [5, 5.41) is 0. The minimum absolute atomic E-state index is 0.817. The summed E-state index contributed by atoms with van der Waals surface area (Å²) >= 11 is 0. The number of ether oxygens (including phenoxy) is 1. The average Bonchev–Trinajstić information content (AvgIpc) is 2.87. The van der Waals surface area contributed by atoms with Crippen LogP contribution in [0, 0.1) is 0 Å². The predicted octanol–water partition coefficient (Wildman–Crippen LogP) is 1.98. The maximum Gasteiger partial charge on any atom is 0.118 e. The highest BCUT2D eigenvalue weighted by Gasteiger charge is 2.30. The molecule has 0 N–H and O–H groups in total. The number of piperazine rings is 1. The van der Waals surface area contributed by atoms with Crippen molar-refractivity contribution in [2.24, 2.45) is 0 Å². The summed E-state index contributed by atoms with van der Waals surface area (Å²) in [5.74, 6) is 0.944. The molecule has 2 aliphatic rings. The Morgan fingerprint density at radius 1 is 1.17 bits per heavy atom. The third-order valence-corrected chi connectivity index (χ3v) is 4.24.